The average Bonchev–Trinajstić information content (AvgIpc) is 2.63. The fourth-order valence-corrected chi connectivity index (χ4v) is 3.86. The molecular weight excluding hydrogens is 144 g/mol. The maximum absolute atomic E-state index is 2.50. The number of hydrogen-bond donors (Lipinski definition) is 0. The molecule has 5 atom stereocenters. The van der Waals surface area contributed by atoms with Gasteiger partial charge in [-0.1, -0.05) is 25.5 Å². The Labute approximate surface area is 75.0 Å². The molecule has 0 saturated heterocycles. The molecule has 12 heavy (non-hydrogen) atoms. The standard InChI is InChI=1S/C12H18/c1-8-2-5-11-9-3-4-10(7-9)12(11)6-8/h3-4,8-12H,2,5-7H2,1H3. The van der Waals surface area contributed by atoms with Crippen molar-refractivity contribution in [1.29, 1.82) is 0 Å². The van der Waals surface area contributed by atoms with E-state index >= 15 is 0 Å². The van der Waals surface area contributed by atoms with Gasteiger partial charge in [0.1, 0.15) is 0 Å². The Morgan fingerprint density at radius 2 is 1.67 bits per heavy atom. The van der Waals surface area contributed by atoms with E-state index in [2.05, 4.69) is 19.1 Å². The highest BCUT2D eigenvalue weighted by Gasteiger charge is 2.45. The van der Waals surface area contributed by atoms with E-state index in [1.807, 2.05) is 0 Å². The third-order valence-electron chi connectivity index (χ3n) is 4.47. The molecule has 0 heteroatoms. The molecule has 0 aromatic rings. The van der Waals surface area contributed by atoms with Crippen LogP contribution < -0.4 is 0 Å². The van der Waals surface area contributed by atoms with Crippen molar-refractivity contribution >= 4 is 0 Å². The predicted molar refractivity (Wildman–Crippen MR) is 50.7 cm³/mol. The maximum atomic E-state index is 2.50. The van der Waals surface area contributed by atoms with E-state index in [1.165, 1.54) is 25.7 Å². The van der Waals surface area contributed by atoms with Crippen LogP contribution in [-0.4, -0.2) is 0 Å². The molecule has 0 spiro atoms. The van der Waals surface area contributed by atoms with Gasteiger partial charge in [-0.15, -0.1) is 0 Å². The second-order valence-corrected chi connectivity index (χ2v) is 5.19. The second kappa shape index (κ2) is 2.37. The minimum absolute atomic E-state index is 0.989. The van der Waals surface area contributed by atoms with E-state index in [0.29, 0.717) is 0 Å². The molecule has 0 radical (unpaired) electrons. The molecule has 3 rings (SSSR count). The zero-order valence-electron chi connectivity index (χ0n) is 7.87. The molecular formula is C12H18. The molecule has 2 fully saturated rings. The Hall–Kier alpha value is -0.260. The van der Waals surface area contributed by atoms with Gasteiger partial charge in [-0.2, -0.15) is 0 Å². The summed E-state index contributed by atoms with van der Waals surface area (Å²) in [5.41, 5.74) is 0. The monoisotopic (exact) mass is 162 g/mol. The molecule has 66 valence electrons. The van der Waals surface area contributed by atoms with Crippen LogP contribution in [0.25, 0.3) is 0 Å². The first-order valence-corrected chi connectivity index (χ1v) is 5.53. The van der Waals surface area contributed by atoms with Gasteiger partial charge in [0, 0.05) is 0 Å². The van der Waals surface area contributed by atoms with Gasteiger partial charge in [0.25, 0.3) is 0 Å². The van der Waals surface area contributed by atoms with Crippen LogP contribution in [0.4, 0.5) is 0 Å². The van der Waals surface area contributed by atoms with Gasteiger partial charge < -0.3 is 0 Å². The maximum Gasteiger partial charge on any atom is -0.0196 e. The zero-order chi connectivity index (χ0) is 8.13. The van der Waals surface area contributed by atoms with Crippen molar-refractivity contribution in [2.24, 2.45) is 29.6 Å². The molecule has 2 bridgehead atoms. The van der Waals surface area contributed by atoms with E-state index in [9.17, 15) is 0 Å². The lowest BCUT2D eigenvalue weighted by molar-refractivity contribution is 0.176. The van der Waals surface area contributed by atoms with Crippen LogP contribution in [-0.2, 0) is 0 Å². The molecule has 0 aromatic heterocycles. The van der Waals surface area contributed by atoms with Gasteiger partial charge in [0.15, 0.2) is 0 Å². The van der Waals surface area contributed by atoms with E-state index in [0.717, 1.165) is 29.6 Å². The van der Waals surface area contributed by atoms with Crippen LogP contribution >= 0.6 is 0 Å². The van der Waals surface area contributed by atoms with E-state index in [-0.39, 0.29) is 0 Å². The van der Waals surface area contributed by atoms with Gasteiger partial charge in [-0.3, -0.25) is 0 Å². The molecule has 3 aliphatic carbocycles. The van der Waals surface area contributed by atoms with E-state index < -0.39 is 0 Å². The number of hydrogen-bond acceptors (Lipinski definition) is 0. The summed E-state index contributed by atoms with van der Waals surface area (Å²) in [7, 11) is 0. The third-order valence-corrected chi connectivity index (χ3v) is 4.47. The highest BCUT2D eigenvalue weighted by Crippen LogP contribution is 2.54. The van der Waals surface area contributed by atoms with Crippen molar-refractivity contribution in [1.82, 2.24) is 0 Å². The lowest BCUT2D eigenvalue weighted by Gasteiger charge is -2.35. The molecule has 0 N–H and O–H groups in total. The van der Waals surface area contributed by atoms with Gasteiger partial charge in [0.2, 0.25) is 0 Å². The third kappa shape index (κ3) is 0.841. The van der Waals surface area contributed by atoms with Gasteiger partial charge in [-0.25, -0.2) is 0 Å². The van der Waals surface area contributed by atoms with Crippen molar-refractivity contribution in [3.63, 3.8) is 0 Å². The summed E-state index contributed by atoms with van der Waals surface area (Å²) in [4.78, 5) is 0. The van der Waals surface area contributed by atoms with E-state index in [1.54, 1.807) is 0 Å². The molecule has 2 saturated carbocycles. The number of allylic oxidation sites excluding steroid dienone is 2. The molecule has 3 aliphatic rings. The molecule has 0 aromatic carbocycles. The molecule has 0 aliphatic heterocycles. The van der Waals surface area contributed by atoms with Crippen LogP contribution in [0.3, 0.4) is 0 Å². The smallest absolute Gasteiger partial charge is 0.0196 e. The van der Waals surface area contributed by atoms with Crippen LogP contribution in [0.1, 0.15) is 32.6 Å². The molecule has 0 nitrogen and oxygen atoms in total. The van der Waals surface area contributed by atoms with Crippen LogP contribution in [0.5, 0.6) is 0 Å². The highest BCUT2D eigenvalue weighted by atomic mass is 14.5. The predicted octanol–water partition coefficient (Wildman–Crippen LogP) is 3.24. The summed E-state index contributed by atoms with van der Waals surface area (Å²) in [5.74, 6) is 5.18. The quantitative estimate of drug-likeness (QED) is 0.480. The molecule has 0 amide bonds. The number of rotatable bonds is 0. The molecule has 0 heterocycles. The average molecular weight is 162 g/mol. The minimum Gasteiger partial charge on any atom is -0.0848 e. The van der Waals surface area contributed by atoms with Gasteiger partial charge >= 0.3 is 0 Å². The van der Waals surface area contributed by atoms with E-state index in [4.69, 9.17) is 0 Å². The fraction of sp³-hybridized carbons (Fsp3) is 0.833. The topological polar surface area (TPSA) is 0 Å². The first-order valence-electron chi connectivity index (χ1n) is 5.53. The second-order valence-electron chi connectivity index (χ2n) is 5.19. The van der Waals surface area contributed by atoms with Gasteiger partial charge in [0.05, 0.1) is 0 Å². The van der Waals surface area contributed by atoms with Crippen molar-refractivity contribution in [2.45, 2.75) is 32.6 Å². The number of fused-ring (bicyclic) bond motifs is 5. The Bertz CT molecular complexity index is 216. The van der Waals surface area contributed by atoms with Crippen molar-refractivity contribution in [3.05, 3.63) is 12.2 Å². The lowest BCUT2D eigenvalue weighted by atomic mass is 9.70. The van der Waals surface area contributed by atoms with Crippen LogP contribution in [0.2, 0.25) is 0 Å². The Morgan fingerprint density at radius 1 is 0.917 bits per heavy atom. The largest absolute Gasteiger partial charge is 0.0848 e. The summed E-state index contributed by atoms with van der Waals surface area (Å²) in [6.07, 6.45) is 11.1. The fourth-order valence-electron chi connectivity index (χ4n) is 3.86. The Morgan fingerprint density at radius 3 is 2.50 bits per heavy atom. The van der Waals surface area contributed by atoms with Crippen LogP contribution in [0, 0.1) is 29.6 Å². The lowest BCUT2D eigenvalue weighted by Crippen LogP contribution is -2.26. The van der Waals surface area contributed by atoms with Crippen molar-refractivity contribution in [2.75, 3.05) is 0 Å². The van der Waals surface area contributed by atoms with Crippen LogP contribution in [0.15, 0.2) is 12.2 Å². The zero-order valence-corrected chi connectivity index (χ0v) is 7.87. The Kier molecular flexibility index (Phi) is 1.42. The first-order chi connectivity index (χ1) is 5.84. The summed E-state index contributed by atoms with van der Waals surface area (Å²) in [6.45, 7) is 2.44. The first kappa shape index (κ1) is 7.17. The summed E-state index contributed by atoms with van der Waals surface area (Å²) in [6, 6.07) is 0. The van der Waals surface area contributed by atoms with Crippen molar-refractivity contribution < 1.29 is 0 Å². The van der Waals surface area contributed by atoms with Crippen molar-refractivity contribution in [3.8, 4) is 0 Å². The normalized spacial score (nSPS) is 55.9. The highest BCUT2D eigenvalue weighted by molar-refractivity contribution is 5.14. The summed E-state index contributed by atoms with van der Waals surface area (Å²) >= 11 is 0. The van der Waals surface area contributed by atoms with Gasteiger partial charge in [-0.05, 0) is 48.9 Å². The summed E-state index contributed by atoms with van der Waals surface area (Å²) in [5, 5.41) is 0. The summed E-state index contributed by atoms with van der Waals surface area (Å²) < 4.78 is 0. The molecule has 5 unspecified atom stereocenters. The minimum atomic E-state index is 0.989. The Balaban J connectivity index is 1.85. The SMILES string of the molecule is CC1CCC2C3C=CC(C3)C2C1.